The highest BCUT2D eigenvalue weighted by Gasteiger charge is 2.17. The molecule has 0 bridgehead atoms. The van der Waals surface area contributed by atoms with Gasteiger partial charge >= 0.3 is 0 Å². The van der Waals surface area contributed by atoms with Crippen LogP contribution in [0.2, 0.25) is 0 Å². The highest BCUT2D eigenvalue weighted by atomic mass is 16.2. The third kappa shape index (κ3) is 3.83. The fourth-order valence-electron chi connectivity index (χ4n) is 2.33. The Bertz CT molecular complexity index is 474. The van der Waals surface area contributed by atoms with Crippen LogP contribution in [0.15, 0.2) is 24.3 Å². The molecule has 1 aliphatic rings. The van der Waals surface area contributed by atoms with Gasteiger partial charge in [-0.05, 0) is 37.1 Å². The van der Waals surface area contributed by atoms with E-state index in [4.69, 9.17) is 0 Å². The SMILES string of the molecule is CC(C)C(=O)Nc1ccc(C(=O)NC2CCCC2)cc1. The van der Waals surface area contributed by atoms with Gasteiger partial charge in [-0.2, -0.15) is 0 Å². The molecule has 1 saturated carbocycles. The second-order valence-corrected chi connectivity index (χ2v) is 5.68. The lowest BCUT2D eigenvalue weighted by molar-refractivity contribution is -0.118. The predicted octanol–water partition coefficient (Wildman–Crippen LogP) is 2.95. The monoisotopic (exact) mass is 274 g/mol. The lowest BCUT2D eigenvalue weighted by Gasteiger charge is -2.12. The number of hydrogen-bond acceptors (Lipinski definition) is 2. The van der Waals surface area contributed by atoms with Crippen LogP contribution in [0.3, 0.4) is 0 Å². The summed E-state index contributed by atoms with van der Waals surface area (Å²) in [5.41, 5.74) is 1.36. The smallest absolute Gasteiger partial charge is 0.251 e. The van der Waals surface area contributed by atoms with Crippen molar-refractivity contribution in [2.75, 3.05) is 5.32 Å². The molecule has 2 rings (SSSR count). The maximum atomic E-state index is 12.0. The summed E-state index contributed by atoms with van der Waals surface area (Å²) in [6.45, 7) is 3.69. The number of benzene rings is 1. The van der Waals surface area contributed by atoms with Crippen LogP contribution in [0, 0.1) is 5.92 Å². The molecule has 2 amide bonds. The van der Waals surface area contributed by atoms with E-state index in [1.54, 1.807) is 24.3 Å². The number of carbonyl (C=O) groups excluding carboxylic acids is 2. The van der Waals surface area contributed by atoms with Gasteiger partial charge in [0, 0.05) is 23.2 Å². The van der Waals surface area contributed by atoms with Crippen molar-refractivity contribution < 1.29 is 9.59 Å². The molecule has 0 unspecified atom stereocenters. The molecule has 1 aliphatic carbocycles. The van der Waals surface area contributed by atoms with Crippen LogP contribution < -0.4 is 10.6 Å². The zero-order chi connectivity index (χ0) is 14.5. The van der Waals surface area contributed by atoms with E-state index in [-0.39, 0.29) is 17.7 Å². The third-order valence-electron chi connectivity index (χ3n) is 3.63. The summed E-state index contributed by atoms with van der Waals surface area (Å²) in [4.78, 5) is 23.6. The van der Waals surface area contributed by atoms with E-state index >= 15 is 0 Å². The zero-order valence-electron chi connectivity index (χ0n) is 12.1. The van der Waals surface area contributed by atoms with Crippen molar-refractivity contribution in [2.24, 2.45) is 5.92 Å². The van der Waals surface area contributed by atoms with Crippen LogP contribution in [0.4, 0.5) is 5.69 Å². The zero-order valence-corrected chi connectivity index (χ0v) is 12.1. The Labute approximate surface area is 119 Å². The van der Waals surface area contributed by atoms with Crippen molar-refractivity contribution >= 4 is 17.5 Å². The van der Waals surface area contributed by atoms with Gasteiger partial charge in [-0.1, -0.05) is 26.7 Å². The lowest BCUT2D eigenvalue weighted by Crippen LogP contribution is -2.32. The molecule has 0 spiro atoms. The average Bonchev–Trinajstić information content (AvgIpc) is 2.92. The van der Waals surface area contributed by atoms with Crippen molar-refractivity contribution in [2.45, 2.75) is 45.6 Å². The minimum atomic E-state index is -0.0552. The first kappa shape index (κ1) is 14.6. The topological polar surface area (TPSA) is 58.2 Å². The van der Waals surface area contributed by atoms with E-state index in [1.165, 1.54) is 12.8 Å². The number of amides is 2. The molecule has 2 N–H and O–H groups in total. The number of nitrogens with one attached hydrogen (secondary N) is 2. The van der Waals surface area contributed by atoms with E-state index in [0.717, 1.165) is 18.5 Å². The Morgan fingerprint density at radius 3 is 2.25 bits per heavy atom. The summed E-state index contributed by atoms with van der Waals surface area (Å²) in [7, 11) is 0. The number of anilines is 1. The van der Waals surface area contributed by atoms with Crippen LogP contribution in [-0.2, 0) is 4.79 Å². The summed E-state index contributed by atoms with van der Waals surface area (Å²) >= 11 is 0. The number of hydrogen-bond donors (Lipinski definition) is 2. The molecular weight excluding hydrogens is 252 g/mol. The highest BCUT2D eigenvalue weighted by Crippen LogP contribution is 2.18. The maximum Gasteiger partial charge on any atom is 0.251 e. The van der Waals surface area contributed by atoms with Crippen molar-refractivity contribution in [1.29, 1.82) is 0 Å². The summed E-state index contributed by atoms with van der Waals surface area (Å²) in [6.07, 6.45) is 4.55. The third-order valence-corrected chi connectivity index (χ3v) is 3.63. The first-order chi connectivity index (χ1) is 9.56. The minimum Gasteiger partial charge on any atom is -0.349 e. The standard InChI is InChI=1S/C16H22N2O2/c1-11(2)15(19)17-14-9-7-12(8-10-14)16(20)18-13-5-3-4-6-13/h7-11,13H,3-6H2,1-2H3,(H,17,19)(H,18,20). The van der Waals surface area contributed by atoms with E-state index < -0.39 is 0 Å². The van der Waals surface area contributed by atoms with Crippen LogP contribution in [0.5, 0.6) is 0 Å². The minimum absolute atomic E-state index is 0.0202. The van der Waals surface area contributed by atoms with Gasteiger partial charge in [-0.25, -0.2) is 0 Å². The largest absolute Gasteiger partial charge is 0.349 e. The molecule has 20 heavy (non-hydrogen) atoms. The maximum absolute atomic E-state index is 12.0. The Balaban J connectivity index is 1.93. The molecule has 4 heteroatoms. The van der Waals surface area contributed by atoms with Gasteiger partial charge in [-0.15, -0.1) is 0 Å². The quantitative estimate of drug-likeness (QED) is 0.887. The molecule has 4 nitrogen and oxygen atoms in total. The van der Waals surface area contributed by atoms with Gasteiger partial charge in [-0.3, -0.25) is 9.59 Å². The van der Waals surface area contributed by atoms with Crippen molar-refractivity contribution in [1.82, 2.24) is 5.32 Å². The number of rotatable bonds is 4. The van der Waals surface area contributed by atoms with Crippen LogP contribution in [0.25, 0.3) is 0 Å². The Kier molecular flexibility index (Phi) is 4.77. The first-order valence-electron chi connectivity index (χ1n) is 7.28. The van der Waals surface area contributed by atoms with E-state index in [9.17, 15) is 9.59 Å². The van der Waals surface area contributed by atoms with E-state index in [2.05, 4.69) is 10.6 Å². The Morgan fingerprint density at radius 2 is 1.70 bits per heavy atom. The molecule has 0 radical (unpaired) electrons. The molecule has 1 aromatic rings. The normalized spacial score (nSPS) is 15.3. The van der Waals surface area contributed by atoms with E-state index in [0.29, 0.717) is 11.6 Å². The fraction of sp³-hybridized carbons (Fsp3) is 0.500. The van der Waals surface area contributed by atoms with Crippen molar-refractivity contribution in [3.63, 3.8) is 0 Å². The molecule has 0 saturated heterocycles. The van der Waals surface area contributed by atoms with Gasteiger partial charge < -0.3 is 10.6 Å². The molecule has 108 valence electrons. The van der Waals surface area contributed by atoms with Gasteiger partial charge in [0.05, 0.1) is 0 Å². The molecule has 1 aromatic carbocycles. The van der Waals surface area contributed by atoms with Crippen LogP contribution in [0.1, 0.15) is 49.9 Å². The lowest BCUT2D eigenvalue weighted by atomic mass is 10.1. The van der Waals surface area contributed by atoms with Gasteiger partial charge in [0.1, 0.15) is 0 Å². The Morgan fingerprint density at radius 1 is 1.10 bits per heavy atom. The van der Waals surface area contributed by atoms with Crippen LogP contribution >= 0.6 is 0 Å². The van der Waals surface area contributed by atoms with E-state index in [1.807, 2.05) is 13.8 Å². The summed E-state index contributed by atoms with van der Waals surface area (Å²) in [5, 5.41) is 5.86. The molecule has 0 aromatic heterocycles. The van der Waals surface area contributed by atoms with Gasteiger partial charge in [0.15, 0.2) is 0 Å². The molecular formula is C16H22N2O2. The molecule has 1 fully saturated rings. The van der Waals surface area contributed by atoms with Gasteiger partial charge in [0.25, 0.3) is 5.91 Å². The molecule has 0 atom stereocenters. The average molecular weight is 274 g/mol. The second-order valence-electron chi connectivity index (χ2n) is 5.68. The summed E-state index contributed by atoms with van der Waals surface area (Å²) in [6, 6.07) is 7.36. The first-order valence-corrected chi connectivity index (χ1v) is 7.28. The summed E-state index contributed by atoms with van der Waals surface area (Å²) in [5.74, 6) is -0.105. The highest BCUT2D eigenvalue weighted by molar-refractivity contribution is 5.96. The molecule has 0 aliphatic heterocycles. The Hall–Kier alpha value is -1.84. The number of carbonyl (C=O) groups is 2. The summed E-state index contributed by atoms with van der Waals surface area (Å²) < 4.78 is 0. The van der Waals surface area contributed by atoms with Crippen LogP contribution in [-0.4, -0.2) is 17.9 Å². The van der Waals surface area contributed by atoms with Gasteiger partial charge in [0.2, 0.25) is 5.91 Å². The second kappa shape index (κ2) is 6.55. The van der Waals surface area contributed by atoms with Crippen molar-refractivity contribution in [3.8, 4) is 0 Å². The molecule has 0 heterocycles. The fourth-order valence-corrected chi connectivity index (χ4v) is 2.33. The van der Waals surface area contributed by atoms with Crippen molar-refractivity contribution in [3.05, 3.63) is 29.8 Å². The predicted molar refractivity (Wildman–Crippen MR) is 79.6 cm³/mol.